The molecule has 4 rings (SSSR count). The van der Waals surface area contributed by atoms with E-state index in [-0.39, 0.29) is 10.8 Å². The predicted octanol–water partition coefficient (Wildman–Crippen LogP) is 5.29. The van der Waals surface area contributed by atoms with Crippen LogP contribution < -0.4 is 5.32 Å². The summed E-state index contributed by atoms with van der Waals surface area (Å²) in [5.74, 6) is 0.331. The van der Waals surface area contributed by atoms with Gasteiger partial charge in [-0.1, -0.05) is 38.1 Å². The molecule has 176 valence electrons. The molecule has 1 aromatic heterocycles. The van der Waals surface area contributed by atoms with E-state index < -0.39 is 10.0 Å². The Morgan fingerprint density at radius 3 is 2.24 bits per heavy atom. The maximum absolute atomic E-state index is 13.0. The van der Waals surface area contributed by atoms with Crippen LogP contribution in [0, 0.1) is 0 Å². The second-order valence-corrected chi connectivity index (χ2v) is 9.97. The average molecular weight is 477 g/mol. The monoisotopic (exact) mass is 476 g/mol. The van der Waals surface area contributed by atoms with Crippen molar-refractivity contribution in [2.24, 2.45) is 0 Å². The summed E-state index contributed by atoms with van der Waals surface area (Å²) in [5, 5.41) is 2.93. The van der Waals surface area contributed by atoms with Crippen molar-refractivity contribution in [3.05, 3.63) is 78.4 Å². The highest BCUT2D eigenvalue weighted by Crippen LogP contribution is 2.28. The molecular weight excluding hydrogens is 448 g/mol. The molecule has 0 aliphatic carbocycles. The van der Waals surface area contributed by atoms with Crippen LogP contribution in [0.4, 0.5) is 5.69 Å². The third kappa shape index (κ3) is 4.88. The molecule has 0 spiro atoms. The molecule has 0 aliphatic rings. The van der Waals surface area contributed by atoms with Crippen molar-refractivity contribution in [1.29, 1.82) is 0 Å². The number of rotatable bonds is 9. The number of H-pyrrole nitrogens is 1. The van der Waals surface area contributed by atoms with Crippen LogP contribution in [0.3, 0.4) is 0 Å². The Bertz CT molecular complexity index is 1360. The number of imidazole rings is 1. The Morgan fingerprint density at radius 1 is 0.912 bits per heavy atom. The van der Waals surface area contributed by atoms with Gasteiger partial charge in [-0.25, -0.2) is 13.4 Å². The smallest absolute Gasteiger partial charge is 0.255 e. The van der Waals surface area contributed by atoms with Gasteiger partial charge in [-0.3, -0.25) is 4.79 Å². The number of nitrogens with one attached hydrogen (secondary N) is 2. The number of anilines is 1. The average Bonchev–Trinajstić information content (AvgIpc) is 3.28. The zero-order valence-corrected chi connectivity index (χ0v) is 20.1. The number of aromatic amines is 1. The van der Waals surface area contributed by atoms with Crippen LogP contribution in [-0.4, -0.2) is 41.7 Å². The van der Waals surface area contributed by atoms with E-state index in [1.165, 1.54) is 16.4 Å². The summed E-state index contributed by atoms with van der Waals surface area (Å²) in [6, 6.07) is 21.2. The minimum absolute atomic E-state index is 0.189. The number of hydrogen-bond donors (Lipinski definition) is 2. The third-order valence-electron chi connectivity index (χ3n) is 5.52. The van der Waals surface area contributed by atoms with E-state index in [1.807, 2.05) is 62.4 Å². The van der Waals surface area contributed by atoms with Crippen molar-refractivity contribution in [2.75, 3.05) is 18.4 Å². The molecule has 7 nitrogen and oxygen atoms in total. The lowest BCUT2D eigenvalue weighted by molar-refractivity contribution is 0.102. The summed E-state index contributed by atoms with van der Waals surface area (Å²) in [6.07, 6.45) is 1.48. The van der Waals surface area contributed by atoms with Gasteiger partial charge in [-0.2, -0.15) is 4.31 Å². The number of carbonyl (C=O) groups excluding carboxylic acids is 1. The minimum atomic E-state index is -3.59. The van der Waals surface area contributed by atoms with Gasteiger partial charge in [0.15, 0.2) is 0 Å². The molecule has 2 N–H and O–H groups in total. The van der Waals surface area contributed by atoms with Gasteiger partial charge in [0, 0.05) is 24.2 Å². The Balaban J connectivity index is 1.56. The summed E-state index contributed by atoms with van der Waals surface area (Å²) in [4.78, 5) is 21.1. The van der Waals surface area contributed by atoms with Crippen molar-refractivity contribution < 1.29 is 13.2 Å². The number of hydrogen-bond acceptors (Lipinski definition) is 4. The second kappa shape index (κ2) is 10.2. The van der Waals surface area contributed by atoms with Crippen molar-refractivity contribution in [3.63, 3.8) is 0 Å². The first-order valence-corrected chi connectivity index (χ1v) is 12.8. The van der Waals surface area contributed by atoms with Crippen LogP contribution >= 0.6 is 0 Å². The fraction of sp³-hybridized carbons (Fsp3) is 0.231. The zero-order valence-electron chi connectivity index (χ0n) is 19.3. The van der Waals surface area contributed by atoms with Crippen LogP contribution in [0.1, 0.15) is 37.0 Å². The molecular formula is C26H28N4O3S. The summed E-state index contributed by atoms with van der Waals surface area (Å²) < 4.78 is 27.4. The van der Waals surface area contributed by atoms with E-state index in [0.717, 1.165) is 29.4 Å². The first-order chi connectivity index (χ1) is 16.4. The van der Waals surface area contributed by atoms with Crippen molar-refractivity contribution in [1.82, 2.24) is 14.3 Å². The largest absolute Gasteiger partial charge is 0.338 e. The van der Waals surface area contributed by atoms with Crippen molar-refractivity contribution in [3.8, 4) is 11.4 Å². The normalized spacial score (nSPS) is 11.7. The first-order valence-electron chi connectivity index (χ1n) is 11.4. The van der Waals surface area contributed by atoms with Crippen LogP contribution in [-0.2, 0) is 10.0 Å². The fourth-order valence-corrected chi connectivity index (χ4v) is 5.48. The van der Waals surface area contributed by atoms with E-state index in [4.69, 9.17) is 0 Å². The molecule has 0 saturated carbocycles. The lowest BCUT2D eigenvalue weighted by atomic mass is 10.1. The molecule has 0 aliphatic heterocycles. The van der Waals surface area contributed by atoms with E-state index in [1.54, 1.807) is 12.1 Å². The Morgan fingerprint density at radius 2 is 1.56 bits per heavy atom. The minimum Gasteiger partial charge on any atom is -0.338 e. The molecule has 0 fully saturated rings. The van der Waals surface area contributed by atoms with E-state index in [2.05, 4.69) is 15.3 Å². The first kappa shape index (κ1) is 23.7. The van der Waals surface area contributed by atoms with Gasteiger partial charge < -0.3 is 10.3 Å². The Hall–Kier alpha value is -3.49. The zero-order chi connectivity index (χ0) is 24.1. The molecule has 34 heavy (non-hydrogen) atoms. The topological polar surface area (TPSA) is 95.2 Å². The number of para-hydroxylation sites is 3. The molecule has 0 atom stereocenters. The highest BCUT2D eigenvalue weighted by atomic mass is 32.2. The number of carbonyl (C=O) groups is 1. The van der Waals surface area contributed by atoms with Crippen molar-refractivity contribution in [2.45, 2.75) is 31.6 Å². The van der Waals surface area contributed by atoms with Gasteiger partial charge in [0.2, 0.25) is 10.0 Å². The highest BCUT2D eigenvalue weighted by Gasteiger charge is 2.23. The second-order valence-electron chi connectivity index (χ2n) is 8.03. The molecule has 8 heteroatoms. The van der Waals surface area contributed by atoms with Gasteiger partial charge in [-0.05, 0) is 61.4 Å². The molecule has 4 aromatic rings. The molecule has 0 radical (unpaired) electrons. The van der Waals surface area contributed by atoms with E-state index >= 15 is 0 Å². The van der Waals surface area contributed by atoms with E-state index in [0.29, 0.717) is 30.2 Å². The van der Waals surface area contributed by atoms with Crippen LogP contribution in [0.2, 0.25) is 0 Å². The predicted molar refractivity (Wildman–Crippen MR) is 135 cm³/mol. The highest BCUT2D eigenvalue weighted by molar-refractivity contribution is 7.89. The SMILES string of the molecule is CCCN(CCC)S(=O)(=O)c1ccc(C(=O)Nc2ccccc2-c2nc3ccccc3[nH]2)cc1. The van der Waals surface area contributed by atoms with Crippen LogP contribution in [0.5, 0.6) is 0 Å². The summed E-state index contributed by atoms with van der Waals surface area (Å²) in [6.45, 7) is 4.84. The standard InChI is InChI=1S/C26H28N4O3S/c1-3-17-30(18-4-2)34(32,33)20-15-13-19(14-16-20)26(31)29-22-10-6-5-9-21(22)25-27-23-11-7-8-12-24(23)28-25/h5-16H,3-4,17-18H2,1-2H3,(H,27,28)(H,29,31). The van der Waals surface area contributed by atoms with E-state index in [9.17, 15) is 13.2 Å². The van der Waals surface area contributed by atoms with Crippen molar-refractivity contribution >= 4 is 32.7 Å². The molecule has 0 saturated heterocycles. The fourth-order valence-electron chi connectivity index (χ4n) is 3.85. The van der Waals surface area contributed by atoms with Crippen LogP contribution in [0.15, 0.2) is 77.7 Å². The lowest BCUT2D eigenvalue weighted by Gasteiger charge is -2.21. The molecule has 1 amide bonds. The van der Waals surface area contributed by atoms with Gasteiger partial charge in [0.25, 0.3) is 5.91 Å². The quantitative estimate of drug-likeness (QED) is 0.343. The van der Waals surface area contributed by atoms with Gasteiger partial charge in [0.05, 0.1) is 21.6 Å². The maximum Gasteiger partial charge on any atom is 0.255 e. The Labute approximate surface area is 199 Å². The summed E-state index contributed by atoms with van der Waals surface area (Å²) in [7, 11) is -3.59. The molecule has 0 unspecified atom stereocenters. The number of sulfonamides is 1. The number of nitrogens with zero attached hydrogens (tertiary/aromatic N) is 2. The maximum atomic E-state index is 13.0. The lowest BCUT2D eigenvalue weighted by Crippen LogP contribution is -2.32. The van der Waals surface area contributed by atoms with Gasteiger partial charge in [0.1, 0.15) is 5.82 Å². The number of fused-ring (bicyclic) bond motifs is 1. The number of amides is 1. The molecule has 1 heterocycles. The van der Waals surface area contributed by atoms with Gasteiger partial charge >= 0.3 is 0 Å². The molecule has 0 bridgehead atoms. The number of benzene rings is 3. The number of aromatic nitrogens is 2. The summed E-state index contributed by atoms with van der Waals surface area (Å²) in [5.41, 5.74) is 3.50. The van der Waals surface area contributed by atoms with Crippen LogP contribution in [0.25, 0.3) is 22.4 Å². The molecule has 3 aromatic carbocycles. The van der Waals surface area contributed by atoms with Gasteiger partial charge in [-0.15, -0.1) is 0 Å². The Kier molecular flexibility index (Phi) is 7.09. The third-order valence-corrected chi connectivity index (χ3v) is 7.43. The summed E-state index contributed by atoms with van der Waals surface area (Å²) >= 11 is 0.